The highest BCUT2D eigenvalue weighted by molar-refractivity contribution is 5.83. The Morgan fingerprint density at radius 2 is 1.95 bits per heavy atom. The number of furan rings is 1. The van der Waals surface area contributed by atoms with Crippen LogP contribution in [0.15, 0.2) is 46.9 Å². The Hall–Kier alpha value is -2.50. The first kappa shape index (κ1) is 13.9. The molecule has 0 saturated carbocycles. The van der Waals surface area contributed by atoms with Crippen molar-refractivity contribution in [2.75, 3.05) is 0 Å². The Bertz CT molecular complexity index is 654. The van der Waals surface area contributed by atoms with Crippen molar-refractivity contribution in [3.8, 4) is 11.3 Å². The standard InChI is InChI=1S/C14H9F3O3/c15-14(16,17)10-3-1-2-9(8-10)12-6-4-11(20-12)5-7-13(18)19/h1-8H,(H,18,19)/p-1/b7-5+. The van der Waals surface area contributed by atoms with Crippen molar-refractivity contribution in [1.29, 1.82) is 0 Å². The number of rotatable bonds is 3. The maximum atomic E-state index is 12.6. The molecule has 3 nitrogen and oxygen atoms in total. The second kappa shape index (κ2) is 5.24. The summed E-state index contributed by atoms with van der Waals surface area (Å²) >= 11 is 0. The molecule has 6 heteroatoms. The number of hydrogen-bond donors (Lipinski definition) is 0. The molecule has 2 aromatic rings. The number of carboxylic acids is 1. The number of benzene rings is 1. The molecule has 0 radical (unpaired) electrons. The van der Waals surface area contributed by atoms with Gasteiger partial charge in [0.15, 0.2) is 0 Å². The fourth-order valence-corrected chi connectivity index (χ4v) is 1.60. The molecule has 104 valence electrons. The van der Waals surface area contributed by atoms with E-state index in [1.807, 2.05) is 0 Å². The molecule has 1 heterocycles. The van der Waals surface area contributed by atoms with E-state index in [4.69, 9.17) is 4.42 Å². The molecule has 0 aliphatic carbocycles. The first-order chi connectivity index (χ1) is 9.36. The SMILES string of the molecule is O=C([O-])/C=C/c1ccc(-c2cccc(C(F)(F)F)c2)o1. The van der Waals surface area contributed by atoms with Crippen molar-refractivity contribution in [3.63, 3.8) is 0 Å². The van der Waals surface area contributed by atoms with Crippen LogP contribution in [0.4, 0.5) is 13.2 Å². The number of alkyl halides is 3. The van der Waals surface area contributed by atoms with Gasteiger partial charge in [-0.3, -0.25) is 0 Å². The van der Waals surface area contributed by atoms with E-state index in [2.05, 4.69) is 0 Å². The van der Waals surface area contributed by atoms with Crippen molar-refractivity contribution in [1.82, 2.24) is 0 Å². The molecule has 0 saturated heterocycles. The Morgan fingerprint density at radius 3 is 2.60 bits per heavy atom. The molecule has 20 heavy (non-hydrogen) atoms. The Kier molecular flexibility index (Phi) is 3.65. The predicted molar refractivity (Wildman–Crippen MR) is 63.2 cm³/mol. The molecular weight excluding hydrogens is 273 g/mol. The van der Waals surface area contributed by atoms with Gasteiger partial charge in [-0.1, -0.05) is 12.1 Å². The molecule has 0 spiro atoms. The Balaban J connectivity index is 2.31. The number of halogens is 3. The van der Waals surface area contributed by atoms with Gasteiger partial charge in [-0.25, -0.2) is 0 Å². The van der Waals surface area contributed by atoms with Crippen molar-refractivity contribution in [2.24, 2.45) is 0 Å². The van der Waals surface area contributed by atoms with Crippen molar-refractivity contribution < 1.29 is 27.5 Å². The minimum Gasteiger partial charge on any atom is -0.545 e. The zero-order chi connectivity index (χ0) is 14.8. The van der Waals surface area contributed by atoms with Gasteiger partial charge in [-0.15, -0.1) is 0 Å². The minimum absolute atomic E-state index is 0.210. The first-order valence-electron chi connectivity index (χ1n) is 5.53. The van der Waals surface area contributed by atoms with E-state index in [1.54, 1.807) is 0 Å². The highest BCUT2D eigenvalue weighted by Crippen LogP contribution is 2.32. The number of carbonyl (C=O) groups is 1. The predicted octanol–water partition coefficient (Wildman–Crippen LogP) is 2.73. The molecule has 0 unspecified atom stereocenters. The lowest BCUT2D eigenvalue weighted by Crippen LogP contribution is -2.18. The van der Waals surface area contributed by atoms with E-state index in [0.717, 1.165) is 24.3 Å². The minimum atomic E-state index is -4.43. The fourth-order valence-electron chi connectivity index (χ4n) is 1.60. The molecule has 0 fully saturated rings. The maximum Gasteiger partial charge on any atom is 0.416 e. The number of carbonyl (C=O) groups excluding carboxylic acids is 1. The van der Waals surface area contributed by atoms with Crippen LogP contribution < -0.4 is 5.11 Å². The number of carboxylic acid groups (broad SMARTS) is 1. The van der Waals surface area contributed by atoms with Crippen molar-refractivity contribution >= 4 is 12.0 Å². The fraction of sp³-hybridized carbons (Fsp3) is 0.0714. The normalized spacial score (nSPS) is 11.9. The van der Waals surface area contributed by atoms with Crippen LogP contribution in [0, 0.1) is 0 Å². The summed E-state index contributed by atoms with van der Waals surface area (Å²) in [5.74, 6) is -0.960. The first-order valence-corrected chi connectivity index (χ1v) is 5.53. The average Bonchev–Trinajstić information content (AvgIpc) is 2.84. The topological polar surface area (TPSA) is 53.3 Å². The highest BCUT2D eigenvalue weighted by atomic mass is 19.4. The van der Waals surface area contributed by atoms with Crippen LogP contribution in [-0.2, 0) is 11.0 Å². The second-order valence-electron chi connectivity index (χ2n) is 3.93. The quantitative estimate of drug-likeness (QED) is 0.813. The number of hydrogen-bond acceptors (Lipinski definition) is 3. The molecule has 0 aliphatic rings. The summed E-state index contributed by atoms with van der Waals surface area (Å²) in [4.78, 5) is 10.2. The summed E-state index contributed by atoms with van der Waals surface area (Å²) in [6, 6.07) is 7.59. The molecule has 1 aromatic carbocycles. The monoisotopic (exact) mass is 281 g/mol. The van der Waals surface area contributed by atoms with Gasteiger partial charge in [0.1, 0.15) is 11.5 Å². The van der Waals surface area contributed by atoms with E-state index in [1.165, 1.54) is 24.3 Å². The van der Waals surface area contributed by atoms with E-state index in [9.17, 15) is 23.1 Å². The zero-order valence-corrected chi connectivity index (χ0v) is 9.98. The average molecular weight is 281 g/mol. The summed E-state index contributed by atoms with van der Waals surface area (Å²) in [7, 11) is 0. The summed E-state index contributed by atoms with van der Waals surface area (Å²) in [5, 5.41) is 10.2. The third-order valence-corrected chi connectivity index (χ3v) is 2.48. The largest absolute Gasteiger partial charge is 0.545 e. The summed E-state index contributed by atoms with van der Waals surface area (Å²) in [6.07, 6.45) is -2.50. The highest BCUT2D eigenvalue weighted by Gasteiger charge is 2.30. The molecule has 0 N–H and O–H groups in total. The van der Waals surface area contributed by atoms with Gasteiger partial charge < -0.3 is 14.3 Å². The third-order valence-electron chi connectivity index (χ3n) is 2.48. The molecule has 1 aromatic heterocycles. The van der Waals surface area contributed by atoms with Crippen molar-refractivity contribution in [3.05, 3.63) is 53.8 Å². The molecule has 0 amide bonds. The second-order valence-corrected chi connectivity index (χ2v) is 3.93. The van der Waals surface area contributed by atoms with Gasteiger partial charge >= 0.3 is 6.18 Å². The van der Waals surface area contributed by atoms with Crippen molar-refractivity contribution in [2.45, 2.75) is 6.18 Å². The van der Waals surface area contributed by atoms with E-state index in [-0.39, 0.29) is 17.1 Å². The van der Waals surface area contributed by atoms with Crippen LogP contribution in [0.25, 0.3) is 17.4 Å². The smallest absolute Gasteiger partial charge is 0.416 e. The van der Waals surface area contributed by atoms with E-state index < -0.39 is 17.7 Å². The van der Waals surface area contributed by atoms with Gasteiger partial charge in [0.25, 0.3) is 0 Å². The third kappa shape index (κ3) is 3.28. The maximum absolute atomic E-state index is 12.6. The molecule has 0 bridgehead atoms. The Morgan fingerprint density at radius 1 is 1.20 bits per heavy atom. The Labute approximate surface area is 112 Å². The van der Waals surface area contributed by atoms with E-state index in [0.29, 0.717) is 0 Å². The van der Waals surface area contributed by atoms with Gasteiger partial charge in [0.05, 0.1) is 11.5 Å². The van der Waals surface area contributed by atoms with Gasteiger partial charge in [0, 0.05) is 5.56 Å². The molecule has 0 aliphatic heterocycles. The zero-order valence-electron chi connectivity index (χ0n) is 9.98. The van der Waals surface area contributed by atoms with Crippen LogP contribution in [0.2, 0.25) is 0 Å². The molecule has 0 atom stereocenters. The molecular formula is C14H8F3O3-. The van der Waals surface area contributed by atoms with Gasteiger partial charge in [-0.05, 0) is 36.4 Å². The van der Waals surface area contributed by atoms with Gasteiger partial charge in [0.2, 0.25) is 0 Å². The number of aliphatic carboxylic acids is 1. The van der Waals surface area contributed by atoms with E-state index >= 15 is 0 Å². The van der Waals surface area contributed by atoms with Gasteiger partial charge in [-0.2, -0.15) is 13.2 Å². The van der Waals surface area contributed by atoms with Crippen LogP contribution >= 0.6 is 0 Å². The lowest BCUT2D eigenvalue weighted by atomic mass is 10.1. The van der Waals surface area contributed by atoms with Crippen LogP contribution in [-0.4, -0.2) is 5.97 Å². The lowest BCUT2D eigenvalue weighted by molar-refractivity contribution is -0.297. The molecule has 2 rings (SSSR count). The summed E-state index contributed by atoms with van der Waals surface area (Å²) in [5.41, 5.74) is -0.522. The van der Waals surface area contributed by atoms with Crippen LogP contribution in [0.1, 0.15) is 11.3 Å². The summed E-state index contributed by atoms with van der Waals surface area (Å²) < 4.78 is 43.0. The van der Waals surface area contributed by atoms with Crippen LogP contribution in [0.3, 0.4) is 0 Å². The van der Waals surface area contributed by atoms with Crippen LogP contribution in [0.5, 0.6) is 0 Å². The lowest BCUT2D eigenvalue weighted by Gasteiger charge is -2.07. The summed E-state index contributed by atoms with van der Waals surface area (Å²) in [6.45, 7) is 0.